The van der Waals surface area contributed by atoms with Crippen molar-refractivity contribution in [1.82, 2.24) is 4.90 Å². The second-order valence-electron chi connectivity index (χ2n) is 4.64. The molecule has 1 heterocycles. The number of nitrogens with one attached hydrogen (secondary N) is 1. The molecule has 0 aromatic heterocycles. The predicted octanol–water partition coefficient (Wildman–Crippen LogP) is 0.756. The average molecular weight is 263 g/mol. The molecule has 1 fully saturated rings. The van der Waals surface area contributed by atoms with Crippen LogP contribution in [0.1, 0.15) is 12.8 Å². The molecule has 1 aromatic carbocycles. The van der Waals surface area contributed by atoms with E-state index in [9.17, 15) is 9.59 Å². The summed E-state index contributed by atoms with van der Waals surface area (Å²) < 4.78 is 0. The number of carbonyl (C=O) groups is 2. The quantitative estimate of drug-likeness (QED) is 0.697. The lowest BCUT2D eigenvalue weighted by Crippen LogP contribution is -2.40. The molecular weight excluding hydrogens is 246 g/mol. The normalized spacial score (nSPS) is 19.3. The summed E-state index contributed by atoms with van der Waals surface area (Å²) in [5.41, 5.74) is 6.81. The van der Waals surface area contributed by atoms with E-state index >= 15 is 0 Å². The summed E-state index contributed by atoms with van der Waals surface area (Å²) in [7, 11) is 0. The molecule has 1 aliphatic heterocycles. The van der Waals surface area contributed by atoms with Crippen molar-refractivity contribution < 1.29 is 14.7 Å². The Morgan fingerprint density at radius 3 is 2.95 bits per heavy atom. The standard InChI is InChI=1S/C13H17N3O3/c14-9-3-1-4-10(7-9)15-12(17)8-16-6-2-5-11(16)13(18)19/h1,3-4,7,11H,2,5-6,8,14H2,(H,15,17)(H,18,19). The number of nitrogen functional groups attached to an aromatic ring is 1. The van der Waals surface area contributed by atoms with Gasteiger partial charge in [0.15, 0.2) is 0 Å². The van der Waals surface area contributed by atoms with Crippen LogP contribution in [0.5, 0.6) is 0 Å². The number of carboxylic acids is 1. The highest BCUT2D eigenvalue weighted by Gasteiger charge is 2.31. The summed E-state index contributed by atoms with van der Waals surface area (Å²) in [5, 5.41) is 11.7. The molecule has 0 aliphatic carbocycles. The van der Waals surface area contributed by atoms with Crippen LogP contribution in [0.15, 0.2) is 24.3 Å². The fourth-order valence-electron chi connectivity index (χ4n) is 2.30. The maximum Gasteiger partial charge on any atom is 0.320 e. The minimum absolute atomic E-state index is 0.0891. The Hall–Kier alpha value is -2.08. The van der Waals surface area contributed by atoms with Crippen molar-refractivity contribution >= 4 is 23.3 Å². The lowest BCUT2D eigenvalue weighted by molar-refractivity contribution is -0.142. The molecule has 1 aliphatic rings. The van der Waals surface area contributed by atoms with Gasteiger partial charge < -0.3 is 16.2 Å². The Bertz CT molecular complexity index is 490. The predicted molar refractivity (Wildman–Crippen MR) is 71.7 cm³/mol. The minimum Gasteiger partial charge on any atom is -0.480 e. The molecule has 1 saturated heterocycles. The second kappa shape index (κ2) is 5.71. The van der Waals surface area contributed by atoms with Crippen molar-refractivity contribution in [3.8, 4) is 0 Å². The van der Waals surface area contributed by atoms with Gasteiger partial charge in [-0.25, -0.2) is 0 Å². The molecule has 0 radical (unpaired) electrons. The number of rotatable bonds is 4. The number of carboxylic acid groups (broad SMARTS) is 1. The van der Waals surface area contributed by atoms with E-state index in [2.05, 4.69) is 5.32 Å². The van der Waals surface area contributed by atoms with E-state index in [0.29, 0.717) is 24.3 Å². The Morgan fingerprint density at radius 2 is 2.26 bits per heavy atom. The van der Waals surface area contributed by atoms with Gasteiger partial charge in [-0.2, -0.15) is 0 Å². The lowest BCUT2D eigenvalue weighted by Gasteiger charge is -2.20. The zero-order valence-electron chi connectivity index (χ0n) is 10.5. The second-order valence-corrected chi connectivity index (χ2v) is 4.64. The van der Waals surface area contributed by atoms with Gasteiger partial charge in [-0.1, -0.05) is 6.07 Å². The highest BCUT2D eigenvalue weighted by molar-refractivity contribution is 5.93. The summed E-state index contributed by atoms with van der Waals surface area (Å²) in [4.78, 5) is 24.6. The van der Waals surface area contributed by atoms with Crippen molar-refractivity contribution in [1.29, 1.82) is 0 Å². The first-order valence-electron chi connectivity index (χ1n) is 6.18. The van der Waals surface area contributed by atoms with Crippen molar-refractivity contribution in [3.05, 3.63) is 24.3 Å². The van der Waals surface area contributed by atoms with Gasteiger partial charge in [0.05, 0.1) is 6.54 Å². The SMILES string of the molecule is Nc1cccc(NC(=O)CN2CCCC2C(=O)O)c1. The Labute approximate surface area is 111 Å². The summed E-state index contributed by atoms with van der Waals surface area (Å²) in [6.45, 7) is 0.729. The largest absolute Gasteiger partial charge is 0.480 e. The van der Waals surface area contributed by atoms with Crippen LogP contribution in [-0.2, 0) is 9.59 Å². The Balaban J connectivity index is 1.92. The van der Waals surface area contributed by atoms with Crippen molar-refractivity contribution in [2.24, 2.45) is 0 Å². The van der Waals surface area contributed by atoms with Gasteiger partial charge in [-0.05, 0) is 37.6 Å². The molecule has 4 N–H and O–H groups in total. The van der Waals surface area contributed by atoms with Gasteiger partial charge in [0.1, 0.15) is 6.04 Å². The molecule has 0 bridgehead atoms. The number of likely N-dealkylation sites (tertiary alicyclic amines) is 1. The van der Waals surface area contributed by atoms with Crippen molar-refractivity contribution in [3.63, 3.8) is 0 Å². The van der Waals surface area contributed by atoms with Crippen LogP contribution in [0.25, 0.3) is 0 Å². The van der Waals surface area contributed by atoms with Gasteiger partial charge in [0.2, 0.25) is 5.91 Å². The van der Waals surface area contributed by atoms with Gasteiger partial charge in [-0.3, -0.25) is 14.5 Å². The van der Waals surface area contributed by atoms with Gasteiger partial charge in [0.25, 0.3) is 0 Å². The van der Waals surface area contributed by atoms with Crippen molar-refractivity contribution in [2.75, 3.05) is 24.1 Å². The number of nitrogens with zero attached hydrogens (tertiary/aromatic N) is 1. The lowest BCUT2D eigenvalue weighted by atomic mass is 10.2. The van der Waals surface area contributed by atoms with Gasteiger partial charge in [-0.15, -0.1) is 0 Å². The number of aliphatic carboxylic acids is 1. The van der Waals surface area contributed by atoms with Crippen LogP contribution < -0.4 is 11.1 Å². The average Bonchev–Trinajstić information content (AvgIpc) is 2.76. The summed E-state index contributed by atoms with van der Waals surface area (Å²) in [6, 6.07) is 6.34. The number of hydrogen-bond acceptors (Lipinski definition) is 4. The van der Waals surface area contributed by atoms with E-state index in [4.69, 9.17) is 10.8 Å². The number of anilines is 2. The summed E-state index contributed by atoms with van der Waals surface area (Å²) >= 11 is 0. The topological polar surface area (TPSA) is 95.7 Å². The van der Waals surface area contributed by atoms with Crippen LogP contribution in [0, 0.1) is 0 Å². The van der Waals surface area contributed by atoms with Crippen LogP contribution in [-0.4, -0.2) is 41.0 Å². The molecule has 0 saturated carbocycles. The highest BCUT2D eigenvalue weighted by atomic mass is 16.4. The molecule has 1 atom stereocenters. The molecule has 19 heavy (non-hydrogen) atoms. The summed E-state index contributed by atoms with van der Waals surface area (Å²) in [6.07, 6.45) is 1.41. The van der Waals surface area contributed by atoms with Crippen LogP contribution in [0.3, 0.4) is 0 Å². The van der Waals surface area contributed by atoms with Crippen LogP contribution in [0.4, 0.5) is 11.4 Å². The number of amides is 1. The molecule has 6 nitrogen and oxygen atoms in total. The van der Waals surface area contributed by atoms with E-state index in [-0.39, 0.29) is 12.5 Å². The monoisotopic (exact) mass is 263 g/mol. The van der Waals surface area contributed by atoms with E-state index in [0.717, 1.165) is 6.42 Å². The molecule has 6 heteroatoms. The summed E-state index contributed by atoms with van der Waals surface area (Å²) in [5.74, 6) is -1.09. The zero-order valence-corrected chi connectivity index (χ0v) is 10.5. The molecule has 1 aromatic rings. The molecule has 2 rings (SSSR count). The van der Waals surface area contributed by atoms with Gasteiger partial charge >= 0.3 is 5.97 Å². The Kier molecular flexibility index (Phi) is 4.01. The van der Waals surface area contributed by atoms with Crippen LogP contribution in [0.2, 0.25) is 0 Å². The first kappa shape index (κ1) is 13.4. The third-order valence-corrected chi connectivity index (χ3v) is 3.17. The van der Waals surface area contributed by atoms with E-state index in [1.54, 1.807) is 29.2 Å². The number of benzene rings is 1. The smallest absolute Gasteiger partial charge is 0.320 e. The number of hydrogen-bond donors (Lipinski definition) is 3. The number of carbonyl (C=O) groups excluding carboxylic acids is 1. The third-order valence-electron chi connectivity index (χ3n) is 3.17. The molecule has 1 amide bonds. The third kappa shape index (κ3) is 3.45. The van der Waals surface area contributed by atoms with E-state index in [1.807, 2.05) is 0 Å². The minimum atomic E-state index is -0.866. The fraction of sp³-hybridized carbons (Fsp3) is 0.385. The van der Waals surface area contributed by atoms with Crippen molar-refractivity contribution in [2.45, 2.75) is 18.9 Å². The van der Waals surface area contributed by atoms with Crippen LogP contribution >= 0.6 is 0 Å². The molecule has 102 valence electrons. The molecule has 1 unspecified atom stereocenters. The first-order chi connectivity index (χ1) is 9.06. The maximum atomic E-state index is 11.9. The fourth-order valence-corrected chi connectivity index (χ4v) is 2.30. The van der Waals surface area contributed by atoms with E-state index < -0.39 is 12.0 Å². The maximum absolute atomic E-state index is 11.9. The molecule has 0 spiro atoms. The number of nitrogens with two attached hydrogens (primary N) is 1. The first-order valence-corrected chi connectivity index (χ1v) is 6.18. The highest BCUT2D eigenvalue weighted by Crippen LogP contribution is 2.17. The van der Waals surface area contributed by atoms with E-state index in [1.165, 1.54) is 0 Å². The van der Waals surface area contributed by atoms with Gasteiger partial charge in [0, 0.05) is 11.4 Å². The Morgan fingerprint density at radius 1 is 1.47 bits per heavy atom. The zero-order chi connectivity index (χ0) is 13.8. The molecular formula is C13H17N3O3.